The molecule has 0 bridgehead atoms. The van der Waals surface area contributed by atoms with Crippen LogP contribution in [0.5, 0.6) is 5.75 Å². The maximum absolute atomic E-state index is 11.7. The molecule has 1 aromatic heterocycles. The molecule has 0 aliphatic rings. The van der Waals surface area contributed by atoms with Crippen molar-refractivity contribution in [2.45, 2.75) is 33.2 Å². The summed E-state index contributed by atoms with van der Waals surface area (Å²) < 4.78 is 12.5. The fraction of sp³-hybridized carbons (Fsp3) is 0.318. The Bertz CT molecular complexity index is 906. The topological polar surface area (TPSA) is 66.2 Å². The number of nitrogens with zero attached hydrogens (tertiary/aromatic N) is 3. The number of hydrogen-bond donors (Lipinski definition) is 0. The van der Waals surface area contributed by atoms with Crippen molar-refractivity contribution in [3.63, 3.8) is 0 Å². The highest BCUT2D eigenvalue weighted by atomic mass is 16.6. The minimum absolute atomic E-state index is 0.133. The molecule has 0 unspecified atom stereocenters. The molecule has 146 valence electrons. The number of esters is 1. The van der Waals surface area contributed by atoms with Gasteiger partial charge >= 0.3 is 5.97 Å². The zero-order valence-electron chi connectivity index (χ0n) is 16.3. The largest absolute Gasteiger partial charge is 0.481 e. The van der Waals surface area contributed by atoms with Crippen molar-refractivity contribution in [3.8, 4) is 17.0 Å². The van der Waals surface area contributed by atoms with E-state index in [-0.39, 0.29) is 12.6 Å². The van der Waals surface area contributed by atoms with Gasteiger partial charge in [0.05, 0.1) is 19.3 Å². The van der Waals surface area contributed by atoms with Crippen molar-refractivity contribution in [3.05, 3.63) is 65.9 Å². The van der Waals surface area contributed by atoms with E-state index in [4.69, 9.17) is 9.47 Å². The number of aromatic nitrogens is 3. The monoisotopic (exact) mass is 379 g/mol. The summed E-state index contributed by atoms with van der Waals surface area (Å²) in [6.07, 6.45) is 3.90. The van der Waals surface area contributed by atoms with Crippen molar-refractivity contribution < 1.29 is 14.3 Å². The van der Waals surface area contributed by atoms with E-state index in [1.165, 1.54) is 5.56 Å². The number of carbonyl (C=O) groups excluding carboxylic acids is 1. The lowest BCUT2D eigenvalue weighted by molar-refractivity contribution is -0.145. The maximum Gasteiger partial charge on any atom is 0.344 e. The molecule has 0 spiro atoms. The van der Waals surface area contributed by atoms with Crippen molar-refractivity contribution >= 4 is 5.97 Å². The fourth-order valence-electron chi connectivity index (χ4n) is 2.96. The molecule has 0 saturated heterocycles. The molecular weight excluding hydrogens is 354 g/mol. The zero-order chi connectivity index (χ0) is 19.8. The molecule has 0 N–H and O–H groups in total. The molecule has 28 heavy (non-hydrogen) atoms. The summed E-state index contributed by atoms with van der Waals surface area (Å²) in [7, 11) is 0. The lowest BCUT2D eigenvalue weighted by Crippen LogP contribution is -2.15. The normalized spacial score (nSPS) is 10.6. The minimum Gasteiger partial charge on any atom is -0.481 e. The molecule has 2 aromatic carbocycles. The van der Waals surface area contributed by atoms with E-state index in [1.54, 1.807) is 11.6 Å². The summed E-state index contributed by atoms with van der Waals surface area (Å²) in [6.45, 7) is 4.75. The van der Waals surface area contributed by atoms with Gasteiger partial charge in [-0.2, -0.15) is 0 Å². The van der Waals surface area contributed by atoms with Crippen LogP contribution < -0.4 is 4.74 Å². The third-order valence-electron chi connectivity index (χ3n) is 4.24. The van der Waals surface area contributed by atoms with Crippen LogP contribution in [-0.4, -0.2) is 34.2 Å². The molecule has 6 heteroatoms. The molecule has 0 saturated carbocycles. The van der Waals surface area contributed by atoms with Gasteiger partial charge in [-0.15, -0.1) is 5.10 Å². The van der Waals surface area contributed by atoms with Crippen molar-refractivity contribution in [2.75, 3.05) is 13.2 Å². The second kappa shape index (κ2) is 9.69. The van der Waals surface area contributed by atoms with Gasteiger partial charge in [-0.1, -0.05) is 55.0 Å². The molecule has 0 fully saturated rings. The summed E-state index contributed by atoms with van der Waals surface area (Å²) in [5.74, 6) is 0.207. The molecule has 0 aliphatic heterocycles. The quantitative estimate of drug-likeness (QED) is 0.528. The second-order valence-corrected chi connectivity index (χ2v) is 6.46. The molecule has 0 atom stereocenters. The first-order valence-electron chi connectivity index (χ1n) is 9.55. The van der Waals surface area contributed by atoms with Crippen LogP contribution in [-0.2, 0) is 22.5 Å². The Balaban J connectivity index is 1.83. The smallest absolute Gasteiger partial charge is 0.344 e. The highest BCUT2D eigenvalue weighted by Gasteiger charge is 2.14. The standard InChI is InChI=1S/C22H25N3O3/c1-3-8-17-11-12-21(28-16-22(26)27-4-2)19(13-17)20-15-25(24-23-20)14-18-9-6-5-7-10-18/h5-7,9-13,15H,3-4,8,14,16H2,1-2H3. The number of carbonyl (C=O) groups is 1. The average molecular weight is 379 g/mol. The average Bonchev–Trinajstić information content (AvgIpc) is 3.16. The van der Waals surface area contributed by atoms with E-state index in [9.17, 15) is 4.79 Å². The molecule has 3 aromatic rings. The molecule has 0 radical (unpaired) electrons. The van der Waals surface area contributed by atoms with Gasteiger partial charge < -0.3 is 9.47 Å². The van der Waals surface area contributed by atoms with Crippen LogP contribution in [0.4, 0.5) is 0 Å². The third kappa shape index (κ3) is 5.19. The van der Waals surface area contributed by atoms with Crippen LogP contribution >= 0.6 is 0 Å². The molecule has 6 nitrogen and oxygen atoms in total. The second-order valence-electron chi connectivity index (χ2n) is 6.46. The predicted molar refractivity (Wildman–Crippen MR) is 107 cm³/mol. The third-order valence-corrected chi connectivity index (χ3v) is 4.24. The van der Waals surface area contributed by atoms with Gasteiger partial charge in [0.1, 0.15) is 11.4 Å². The van der Waals surface area contributed by atoms with Crippen LogP contribution in [0.1, 0.15) is 31.4 Å². The van der Waals surface area contributed by atoms with Crippen LogP contribution in [0, 0.1) is 0 Å². The fourth-order valence-corrected chi connectivity index (χ4v) is 2.96. The Hall–Kier alpha value is -3.15. The predicted octanol–water partition coefficient (Wildman–Crippen LogP) is 3.89. The van der Waals surface area contributed by atoms with Crippen LogP contribution in [0.25, 0.3) is 11.3 Å². The lowest BCUT2D eigenvalue weighted by Gasteiger charge is -2.11. The number of benzene rings is 2. The highest BCUT2D eigenvalue weighted by molar-refractivity contribution is 5.72. The Kier molecular flexibility index (Phi) is 6.78. The van der Waals surface area contributed by atoms with Crippen LogP contribution in [0.15, 0.2) is 54.7 Å². The van der Waals surface area contributed by atoms with Gasteiger partial charge in [0.15, 0.2) is 6.61 Å². The minimum atomic E-state index is -0.390. The Labute approximate surface area is 165 Å². The highest BCUT2D eigenvalue weighted by Crippen LogP contribution is 2.30. The summed E-state index contributed by atoms with van der Waals surface area (Å²) in [6, 6.07) is 16.1. The molecule has 3 rings (SSSR count). The Morgan fingerprint density at radius 1 is 1.07 bits per heavy atom. The van der Waals surface area contributed by atoms with Gasteiger partial charge in [-0.05, 0) is 36.6 Å². The lowest BCUT2D eigenvalue weighted by atomic mass is 10.0. The van der Waals surface area contributed by atoms with E-state index < -0.39 is 0 Å². The first-order valence-corrected chi connectivity index (χ1v) is 9.55. The van der Waals surface area contributed by atoms with Gasteiger partial charge in [0.2, 0.25) is 0 Å². The van der Waals surface area contributed by atoms with Crippen molar-refractivity contribution in [1.82, 2.24) is 15.0 Å². The van der Waals surface area contributed by atoms with Crippen molar-refractivity contribution in [2.24, 2.45) is 0 Å². The molecule has 0 amide bonds. The zero-order valence-corrected chi connectivity index (χ0v) is 16.3. The first kappa shape index (κ1) is 19.6. The van der Waals surface area contributed by atoms with E-state index in [0.29, 0.717) is 24.6 Å². The number of ether oxygens (including phenoxy) is 2. The summed E-state index contributed by atoms with van der Waals surface area (Å²) in [4.78, 5) is 11.7. The van der Waals surface area contributed by atoms with E-state index in [2.05, 4.69) is 35.4 Å². The van der Waals surface area contributed by atoms with E-state index in [0.717, 1.165) is 24.0 Å². The number of hydrogen-bond acceptors (Lipinski definition) is 5. The molecular formula is C22H25N3O3. The number of aryl methyl sites for hydroxylation is 1. The van der Waals surface area contributed by atoms with Gasteiger partial charge in [0, 0.05) is 5.56 Å². The van der Waals surface area contributed by atoms with E-state index in [1.807, 2.05) is 36.5 Å². The summed E-state index contributed by atoms with van der Waals surface area (Å²) in [5.41, 5.74) is 3.89. The first-order chi connectivity index (χ1) is 13.7. The van der Waals surface area contributed by atoms with Gasteiger partial charge in [0.25, 0.3) is 0 Å². The van der Waals surface area contributed by atoms with Gasteiger partial charge in [-0.3, -0.25) is 0 Å². The van der Waals surface area contributed by atoms with Crippen LogP contribution in [0.3, 0.4) is 0 Å². The molecule has 1 heterocycles. The van der Waals surface area contributed by atoms with E-state index >= 15 is 0 Å². The van der Waals surface area contributed by atoms with Gasteiger partial charge in [-0.25, -0.2) is 9.48 Å². The number of rotatable bonds is 9. The maximum atomic E-state index is 11.7. The van der Waals surface area contributed by atoms with Crippen molar-refractivity contribution in [1.29, 1.82) is 0 Å². The summed E-state index contributed by atoms with van der Waals surface area (Å²) >= 11 is 0. The molecule has 0 aliphatic carbocycles. The summed E-state index contributed by atoms with van der Waals surface area (Å²) in [5, 5.41) is 8.57. The van der Waals surface area contributed by atoms with Crippen LogP contribution in [0.2, 0.25) is 0 Å². The Morgan fingerprint density at radius 3 is 2.64 bits per heavy atom. The SMILES string of the molecule is CCCc1ccc(OCC(=O)OCC)c(-c2cn(Cc3ccccc3)nn2)c1. The Morgan fingerprint density at radius 2 is 1.89 bits per heavy atom.